The molecule has 2 aliphatic heterocycles. The van der Waals surface area contributed by atoms with Crippen molar-refractivity contribution < 1.29 is 39.1 Å². The molecule has 3 aliphatic rings. The van der Waals surface area contributed by atoms with Gasteiger partial charge in [-0.15, -0.1) is 0 Å². The molecule has 2 saturated heterocycles. The Morgan fingerprint density at radius 2 is 1.86 bits per heavy atom. The summed E-state index contributed by atoms with van der Waals surface area (Å²) in [5, 5.41) is 33.1. The fraction of sp³-hybridized carbons (Fsp3) is 0.846. The summed E-state index contributed by atoms with van der Waals surface area (Å²) >= 11 is 0. The van der Waals surface area contributed by atoms with Gasteiger partial charge in [0.05, 0.1) is 12.1 Å². The van der Waals surface area contributed by atoms with Crippen molar-refractivity contribution in [3.05, 3.63) is 0 Å². The second kappa shape index (κ2) is 5.31. The predicted octanol–water partition coefficient (Wildman–Crippen LogP) is -2.94. The van der Waals surface area contributed by atoms with E-state index in [1.165, 1.54) is 7.05 Å². The minimum atomic E-state index is -2.32. The number of Topliss-reactive ketones (excluding diaryl/α,β-unsaturated/α-hetero) is 2. The summed E-state index contributed by atoms with van der Waals surface area (Å²) in [6.07, 6.45) is -7.39. The summed E-state index contributed by atoms with van der Waals surface area (Å²) in [5.74, 6) is -3.74. The standard InChI is InChI=1S/C13H19NO8/c1-4-3-5(15)13(19)12(20-4)21-11-9(18)8(17)7(16)6(14-2)10(11)22-13/h4,6-7,9-12,14,16,18-19H,3H2,1-2H3/t4-,6+,7-,9+,10-,11-,12+,13+/m1/s1. The smallest absolute Gasteiger partial charge is 0.280 e. The van der Waals surface area contributed by atoms with E-state index in [1.807, 2.05) is 0 Å². The number of carbonyl (C=O) groups excluding carboxylic acids is 2. The highest BCUT2D eigenvalue weighted by Crippen LogP contribution is 2.39. The third-order valence-corrected chi connectivity index (χ3v) is 4.39. The van der Waals surface area contributed by atoms with Gasteiger partial charge in [0.15, 0.2) is 11.6 Å². The van der Waals surface area contributed by atoms with Crippen molar-refractivity contribution >= 4 is 11.6 Å². The number of carbonyl (C=O) groups is 2. The molecule has 8 atom stereocenters. The summed E-state index contributed by atoms with van der Waals surface area (Å²) in [6.45, 7) is 1.63. The Hall–Kier alpha value is -0.940. The monoisotopic (exact) mass is 317 g/mol. The minimum absolute atomic E-state index is 0.0536. The molecule has 0 unspecified atom stereocenters. The van der Waals surface area contributed by atoms with Crippen LogP contribution >= 0.6 is 0 Å². The van der Waals surface area contributed by atoms with Crippen LogP contribution in [0.1, 0.15) is 13.3 Å². The van der Waals surface area contributed by atoms with Crippen molar-refractivity contribution in [2.24, 2.45) is 0 Å². The van der Waals surface area contributed by atoms with Gasteiger partial charge in [0.2, 0.25) is 6.29 Å². The van der Waals surface area contributed by atoms with Crippen molar-refractivity contribution in [3.63, 3.8) is 0 Å². The van der Waals surface area contributed by atoms with E-state index >= 15 is 0 Å². The van der Waals surface area contributed by atoms with Crippen molar-refractivity contribution in [1.82, 2.24) is 5.32 Å². The van der Waals surface area contributed by atoms with E-state index in [-0.39, 0.29) is 6.42 Å². The molecular formula is C13H19NO8. The number of ketones is 2. The number of aliphatic hydroxyl groups is 3. The van der Waals surface area contributed by atoms with Gasteiger partial charge in [-0.2, -0.15) is 0 Å². The Morgan fingerprint density at radius 3 is 2.50 bits per heavy atom. The van der Waals surface area contributed by atoms with Crippen molar-refractivity contribution in [3.8, 4) is 0 Å². The number of hydrogen-bond donors (Lipinski definition) is 4. The quantitative estimate of drug-likeness (QED) is 0.400. The molecule has 3 fully saturated rings. The SMILES string of the molecule is CN[C@@H]1[C@H]2O[C@@]3(O)C(=O)C[C@@H](C)O[C@H]3O[C@@H]2[C@@H](O)C(=O)[C@@H]1O. The van der Waals surface area contributed by atoms with E-state index in [0.717, 1.165) is 0 Å². The van der Waals surface area contributed by atoms with Gasteiger partial charge in [-0.05, 0) is 14.0 Å². The maximum atomic E-state index is 12.1. The van der Waals surface area contributed by atoms with E-state index in [2.05, 4.69) is 5.32 Å². The normalized spacial score (nSPS) is 52.1. The molecule has 3 rings (SSSR count). The van der Waals surface area contributed by atoms with Crippen LogP contribution in [0.2, 0.25) is 0 Å². The van der Waals surface area contributed by atoms with Crippen LogP contribution in [0.5, 0.6) is 0 Å². The minimum Gasteiger partial charge on any atom is -0.383 e. The van der Waals surface area contributed by atoms with E-state index in [9.17, 15) is 24.9 Å². The Kier molecular flexibility index (Phi) is 3.84. The van der Waals surface area contributed by atoms with Crippen LogP contribution in [-0.4, -0.2) is 82.6 Å². The lowest BCUT2D eigenvalue weighted by atomic mass is 9.82. The molecule has 9 nitrogen and oxygen atoms in total. The first-order valence-electron chi connectivity index (χ1n) is 7.11. The third kappa shape index (κ3) is 2.13. The maximum Gasteiger partial charge on any atom is 0.280 e. The summed E-state index contributed by atoms with van der Waals surface area (Å²) in [5.41, 5.74) is 0. The molecule has 124 valence electrons. The highest BCUT2D eigenvalue weighted by Gasteiger charge is 2.63. The van der Waals surface area contributed by atoms with Gasteiger partial charge < -0.3 is 34.8 Å². The molecule has 0 bridgehead atoms. The molecule has 0 amide bonds. The molecule has 1 aliphatic carbocycles. The Balaban J connectivity index is 1.94. The van der Waals surface area contributed by atoms with Crippen LogP contribution in [0.3, 0.4) is 0 Å². The molecule has 2 heterocycles. The number of nitrogens with one attached hydrogen (secondary N) is 1. The molecule has 22 heavy (non-hydrogen) atoms. The predicted molar refractivity (Wildman–Crippen MR) is 68.5 cm³/mol. The largest absolute Gasteiger partial charge is 0.383 e. The lowest BCUT2D eigenvalue weighted by Gasteiger charge is -2.53. The molecule has 9 heteroatoms. The van der Waals surface area contributed by atoms with Gasteiger partial charge in [0.25, 0.3) is 5.79 Å². The summed E-state index contributed by atoms with van der Waals surface area (Å²) in [7, 11) is 1.48. The van der Waals surface area contributed by atoms with Crippen LogP contribution in [0.25, 0.3) is 0 Å². The van der Waals surface area contributed by atoms with Crippen LogP contribution in [0.4, 0.5) is 0 Å². The maximum absolute atomic E-state index is 12.1. The highest BCUT2D eigenvalue weighted by molar-refractivity contribution is 5.90. The lowest BCUT2D eigenvalue weighted by molar-refractivity contribution is -0.414. The second-order valence-electron chi connectivity index (χ2n) is 5.89. The van der Waals surface area contributed by atoms with Gasteiger partial charge in [-0.3, -0.25) is 9.59 Å². The van der Waals surface area contributed by atoms with Crippen molar-refractivity contribution in [2.75, 3.05) is 7.05 Å². The molecule has 0 radical (unpaired) electrons. The number of ether oxygens (including phenoxy) is 3. The van der Waals surface area contributed by atoms with Gasteiger partial charge in [-0.25, -0.2) is 0 Å². The fourth-order valence-electron chi connectivity index (χ4n) is 3.18. The molecule has 0 aromatic heterocycles. The molecule has 4 N–H and O–H groups in total. The molecule has 0 aromatic rings. The first-order chi connectivity index (χ1) is 10.3. The first-order valence-corrected chi connectivity index (χ1v) is 7.11. The van der Waals surface area contributed by atoms with Crippen LogP contribution in [0.15, 0.2) is 0 Å². The summed E-state index contributed by atoms with van der Waals surface area (Å²) in [6, 6.07) is -0.932. The number of hydrogen-bond acceptors (Lipinski definition) is 9. The van der Waals surface area contributed by atoms with Gasteiger partial charge in [0.1, 0.15) is 24.4 Å². The lowest BCUT2D eigenvalue weighted by Crippen LogP contribution is -2.75. The Labute approximate surface area is 126 Å². The zero-order valence-corrected chi connectivity index (χ0v) is 12.1. The number of aliphatic hydroxyl groups excluding tert-OH is 2. The molecule has 0 aromatic carbocycles. The third-order valence-electron chi connectivity index (χ3n) is 4.39. The van der Waals surface area contributed by atoms with E-state index < -0.39 is 60.2 Å². The van der Waals surface area contributed by atoms with Crippen LogP contribution in [0, 0.1) is 0 Å². The van der Waals surface area contributed by atoms with Crippen LogP contribution in [-0.2, 0) is 23.8 Å². The number of fused-ring (bicyclic) bond motifs is 2. The van der Waals surface area contributed by atoms with Crippen molar-refractivity contribution in [2.45, 2.75) is 62.0 Å². The molecular weight excluding hydrogens is 298 g/mol. The second-order valence-corrected chi connectivity index (χ2v) is 5.89. The van der Waals surface area contributed by atoms with Gasteiger partial charge in [0, 0.05) is 6.42 Å². The van der Waals surface area contributed by atoms with Crippen molar-refractivity contribution in [1.29, 1.82) is 0 Å². The van der Waals surface area contributed by atoms with E-state index in [0.29, 0.717) is 0 Å². The van der Waals surface area contributed by atoms with Crippen LogP contribution < -0.4 is 5.32 Å². The summed E-state index contributed by atoms with van der Waals surface area (Å²) in [4.78, 5) is 24.0. The Morgan fingerprint density at radius 1 is 1.18 bits per heavy atom. The van der Waals surface area contributed by atoms with Gasteiger partial charge >= 0.3 is 0 Å². The first kappa shape index (κ1) is 15.9. The number of likely N-dealkylation sites (N-methyl/N-ethyl adjacent to an activating group) is 1. The van der Waals surface area contributed by atoms with E-state index in [4.69, 9.17) is 14.2 Å². The fourth-order valence-corrected chi connectivity index (χ4v) is 3.18. The highest BCUT2D eigenvalue weighted by atomic mass is 16.8. The average Bonchev–Trinajstić information content (AvgIpc) is 2.46. The topological polar surface area (TPSA) is 135 Å². The number of rotatable bonds is 1. The zero-order valence-electron chi connectivity index (χ0n) is 12.1. The summed E-state index contributed by atoms with van der Waals surface area (Å²) < 4.78 is 16.3. The Bertz CT molecular complexity index is 498. The molecule has 1 saturated carbocycles. The average molecular weight is 317 g/mol. The van der Waals surface area contributed by atoms with E-state index in [1.54, 1.807) is 6.92 Å². The zero-order chi connectivity index (χ0) is 16.2. The van der Waals surface area contributed by atoms with Gasteiger partial charge in [-0.1, -0.05) is 0 Å². The molecule has 0 spiro atoms.